The van der Waals surface area contributed by atoms with Gasteiger partial charge in [-0.15, -0.1) is 0 Å². The minimum atomic E-state index is -2.07. The fourth-order valence-corrected chi connectivity index (χ4v) is 5.44. The van der Waals surface area contributed by atoms with E-state index in [1.807, 2.05) is 18.2 Å². The summed E-state index contributed by atoms with van der Waals surface area (Å²) >= 11 is 0. The van der Waals surface area contributed by atoms with Crippen molar-refractivity contribution in [2.24, 2.45) is 0 Å². The Kier molecular flexibility index (Phi) is 4.20. The van der Waals surface area contributed by atoms with Gasteiger partial charge in [-0.2, -0.15) is 0 Å². The van der Waals surface area contributed by atoms with Crippen LogP contribution in [0.5, 0.6) is 5.75 Å². The molecule has 0 unspecified atom stereocenters. The van der Waals surface area contributed by atoms with Crippen LogP contribution in [0.15, 0.2) is 84.9 Å². The molecule has 3 aromatic carbocycles. The number of para-hydroxylation sites is 1. The topological polar surface area (TPSA) is 18.5 Å². The first-order valence-electron chi connectivity index (χ1n) is 8.69. The lowest BCUT2D eigenvalue weighted by molar-refractivity contribution is 0.0824. The van der Waals surface area contributed by atoms with E-state index in [0.717, 1.165) is 16.9 Å². The molecule has 0 amide bonds. The van der Waals surface area contributed by atoms with Crippen LogP contribution in [0.25, 0.3) is 0 Å². The number of hydrogen-bond acceptors (Lipinski definition) is 2. The van der Waals surface area contributed by atoms with Crippen molar-refractivity contribution in [2.45, 2.75) is 25.3 Å². The van der Waals surface area contributed by atoms with E-state index in [1.165, 1.54) is 5.19 Å². The molecule has 0 bridgehead atoms. The predicted molar refractivity (Wildman–Crippen MR) is 104 cm³/mol. The van der Waals surface area contributed by atoms with Gasteiger partial charge in [0.2, 0.25) is 8.32 Å². The molecule has 1 heterocycles. The van der Waals surface area contributed by atoms with Gasteiger partial charge in [0, 0.05) is 5.56 Å². The van der Waals surface area contributed by atoms with Crippen LogP contribution in [0.1, 0.15) is 23.3 Å². The average Bonchev–Trinajstić information content (AvgIpc) is 3.01. The fraction of sp³-hybridized carbons (Fsp3) is 0.182. The van der Waals surface area contributed by atoms with Gasteiger partial charge in [-0.05, 0) is 29.9 Å². The van der Waals surface area contributed by atoms with Gasteiger partial charge >= 0.3 is 0 Å². The van der Waals surface area contributed by atoms with Gasteiger partial charge in [0.15, 0.2) is 6.10 Å². The molecule has 0 saturated heterocycles. The maximum Gasteiger partial charge on any atom is 0.219 e. The maximum atomic E-state index is 6.79. The van der Waals surface area contributed by atoms with Crippen LogP contribution in [-0.2, 0) is 4.43 Å². The summed E-state index contributed by atoms with van der Waals surface area (Å²) in [7, 11) is -2.07. The van der Waals surface area contributed by atoms with Crippen LogP contribution in [0.4, 0.5) is 0 Å². The molecule has 0 saturated carbocycles. The van der Waals surface area contributed by atoms with Gasteiger partial charge in [0.05, 0.1) is 0 Å². The quantitative estimate of drug-likeness (QED) is 0.620. The van der Waals surface area contributed by atoms with Gasteiger partial charge in [0.1, 0.15) is 11.9 Å². The molecule has 0 N–H and O–H groups in total. The summed E-state index contributed by atoms with van der Waals surface area (Å²) < 4.78 is 13.1. The minimum Gasteiger partial charge on any atom is -0.482 e. The van der Waals surface area contributed by atoms with Crippen LogP contribution < -0.4 is 9.92 Å². The Morgan fingerprint density at radius 3 is 2.08 bits per heavy atom. The van der Waals surface area contributed by atoms with Crippen LogP contribution in [-0.4, -0.2) is 8.32 Å². The molecule has 0 fully saturated rings. The highest BCUT2D eigenvalue weighted by Gasteiger charge is 2.40. The first-order valence-corrected chi connectivity index (χ1v) is 11.6. The zero-order chi connectivity index (χ0) is 17.3. The summed E-state index contributed by atoms with van der Waals surface area (Å²) in [5.41, 5.74) is 2.30. The van der Waals surface area contributed by atoms with Gasteiger partial charge in [-0.3, -0.25) is 0 Å². The molecule has 126 valence electrons. The number of fused-ring (bicyclic) bond motifs is 1. The van der Waals surface area contributed by atoms with Gasteiger partial charge < -0.3 is 9.16 Å². The number of ether oxygens (including phenoxy) is 1. The summed E-state index contributed by atoms with van der Waals surface area (Å²) in [4.78, 5) is 0. The molecular weight excluding hydrogens is 324 g/mol. The van der Waals surface area contributed by atoms with Crippen LogP contribution >= 0.6 is 0 Å². The summed E-state index contributed by atoms with van der Waals surface area (Å²) in [6.45, 7) is 4.51. The third-order valence-corrected chi connectivity index (χ3v) is 7.34. The number of hydrogen-bond donors (Lipinski definition) is 0. The summed E-state index contributed by atoms with van der Waals surface area (Å²) in [6.07, 6.45) is -0.186. The molecule has 2 atom stereocenters. The number of benzene rings is 3. The Labute approximate surface area is 150 Å². The summed E-state index contributed by atoms with van der Waals surface area (Å²) in [6, 6.07) is 29.2. The van der Waals surface area contributed by atoms with Crippen LogP contribution in [0.3, 0.4) is 0 Å². The van der Waals surface area contributed by atoms with E-state index < -0.39 is 8.32 Å². The Bertz CT molecular complexity index is 846. The lowest BCUT2D eigenvalue weighted by Crippen LogP contribution is -2.46. The molecule has 25 heavy (non-hydrogen) atoms. The molecular formula is C22H22O2Si. The molecule has 1 aliphatic rings. The molecule has 0 radical (unpaired) electrons. The minimum absolute atomic E-state index is 0.0829. The molecule has 4 rings (SSSR count). The average molecular weight is 347 g/mol. The van der Waals surface area contributed by atoms with Crippen molar-refractivity contribution in [3.63, 3.8) is 0 Å². The van der Waals surface area contributed by atoms with Gasteiger partial charge in [0.25, 0.3) is 0 Å². The van der Waals surface area contributed by atoms with E-state index >= 15 is 0 Å². The van der Waals surface area contributed by atoms with Crippen molar-refractivity contribution in [1.82, 2.24) is 0 Å². The normalized spacial score (nSPS) is 19.3. The second kappa shape index (κ2) is 6.51. The second-order valence-electron chi connectivity index (χ2n) is 6.90. The third kappa shape index (κ3) is 3.13. The van der Waals surface area contributed by atoms with Crippen molar-refractivity contribution in [3.05, 3.63) is 96.1 Å². The van der Waals surface area contributed by atoms with Crippen molar-refractivity contribution >= 4 is 13.5 Å². The van der Waals surface area contributed by atoms with Gasteiger partial charge in [-0.1, -0.05) is 78.9 Å². The monoisotopic (exact) mass is 346 g/mol. The predicted octanol–water partition coefficient (Wildman–Crippen LogP) is 4.99. The highest BCUT2D eigenvalue weighted by Crippen LogP contribution is 2.47. The lowest BCUT2D eigenvalue weighted by atomic mass is 10.0. The van der Waals surface area contributed by atoms with Crippen LogP contribution in [0, 0.1) is 0 Å². The van der Waals surface area contributed by atoms with Crippen molar-refractivity contribution < 1.29 is 9.16 Å². The van der Waals surface area contributed by atoms with Crippen molar-refractivity contribution in [3.8, 4) is 5.75 Å². The second-order valence-corrected chi connectivity index (χ2v) is 10.7. The number of rotatable bonds is 4. The molecule has 2 nitrogen and oxygen atoms in total. The Hall–Kier alpha value is -2.36. The first kappa shape index (κ1) is 16.1. The largest absolute Gasteiger partial charge is 0.482 e. The van der Waals surface area contributed by atoms with Crippen LogP contribution in [0.2, 0.25) is 13.1 Å². The summed E-state index contributed by atoms with van der Waals surface area (Å²) in [5.74, 6) is 0.930. The maximum absolute atomic E-state index is 6.79. The highest BCUT2D eigenvalue weighted by atomic mass is 28.4. The SMILES string of the molecule is C[Si](C)(O[C@@H]1c2ccccc2O[C@@H]1c1ccccc1)c1ccccc1. The Morgan fingerprint density at radius 1 is 0.760 bits per heavy atom. The van der Waals surface area contributed by atoms with E-state index in [0.29, 0.717) is 0 Å². The molecule has 0 aromatic heterocycles. The van der Waals surface area contributed by atoms with Gasteiger partial charge in [-0.25, -0.2) is 0 Å². The Balaban J connectivity index is 1.71. The van der Waals surface area contributed by atoms with E-state index in [1.54, 1.807) is 0 Å². The zero-order valence-electron chi connectivity index (χ0n) is 14.6. The first-order chi connectivity index (χ1) is 12.1. The van der Waals surface area contributed by atoms with E-state index in [2.05, 4.69) is 79.8 Å². The highest BCUT2D eigenvalue weighted by molar-refractivity contribution is 6.84. The lowest BCUT2D eigenvalue weighted by Gasteiger charge is -2.30. The smallest absolute Gasteiger partial charge is 0.219 e. The third-order valence-electron chi connectivity index (χ3n) is 4.77. The van der Waals surface area contributed by atoms with Crippen molar-refractivity contribution in [2.75, 3.05) is 0 Å². The fourth-order valence-electron chi connectivity index (χ4n) is 3.42. The summed E-state index contributed by atoms with van der Waals surface area (Å²) in [5, 5.41) is 1.30. The Morgan fingerprint density at radius 2 is 1.36 bits per heavy atom. The molecule has 1 aliphatic heterocycles. The molecule has 3 heteroatoms. The molecule has 3 aromatic rings. The van der Waals surface area contributed by atoms with Crippen molar-refractivity contribution in [1.29, 1.82) is 0 Å². The zero-order valence-corrected chi connectivity index (χ0v) is 15.6. The standard InChI is InChI=1S/C22H22O2Si/c1-25(2,18-13-7-4-8-14-18)24-22-19-15-9-10-16-20(19)23-21(22)17-11-5-3-6-12-17/h3-16,21-22H,1-2H3/t21-,22-/m1/s1. The molecule has 0 aliphatic carbocycles. The van der Waals surface area contributed by atoms with E-state index in [4.69, 9.17) is 9.16 Å². The van der Waals surface area contributed by atoms with E-state index in [9.17, 15) is 0 Å². The molecule has 0 spiro atoms. The van der Waals surface area contributed by atoms with E-state index in [-0.39, 0.29) is 12.2 Å².